The van der Waals surface area contributed by atoms with Crippen LogP contribution in [-0.2, 0) is 0 Å². The van der Waals surface area contributed by atoms with Gasteiger partial charge in [-0.15, -0.1) is 10.2 Å². The van der Waals surface area contributed by atoms with Gasteiger partial charge >= 0.3 is 0 Å². The number of hydrogen-bond acceptors (Lipinski definition) is 4. The molecule has 6 heteroatoms. The molecule has 1 aromatic heterocycles. The molecule has 0 atom stereocenters. The minimum absolute atomic E-state index is 0.543. The molecule has 1 rings (SSSR count). The van der Waals surface area contributed by atoms with Gasteiger partial charge in [0.2, 0.25) is 0 Å². The van der Waals surface area contributed by atoms with E-state index in [0.29, 0.717) is 5.01 Å². The van der Waals surface area contributed by atoms with Crippen LogP contribution < -0.4 is 0 Å². The van der Waals surface area contributed by atoms with Gasteiger partial charge in [-0.2, -0.15) is 0 Å². The molecule has 62 valence electrons. The van der Waals surface area contributed by atoms with Crippen LogP contribution in [0.3, 0.4) is 0 Å². The fourth-order valence-electron chi connectivity index (χ4n) is 0.490. The van der Waals surface area contributed by atoms with E-state index >= 15 is 0 Å². The molecule has 0 aliphatic carbocycles. The Hall–Kier alpha value is 0.490. The van der Waals surface area contributed by atoms with Crippen molar-refractivity contribution in [3.63, 3.8) is 0 Å². The minimum atomic E-state index is -0.543. The van der Waals surface area contributed by atoms with Crippen molar-refractivity contribution in [1.82, 2.24) is 10.2 Å². The standard InChI is InChI=1S/C5H6Cl2N2S2/c1-2-10-5-9-8-4(11-5)3(6)7/h3H,2H2,1H3. The highest BCUT2D eigenvalue weighted by Gasteiger charge is 2.10. The first-order valence-corrected chi connectivity index (χ1v) is 5.66. The molecule has 0 fully saturated rings. The Morgan fingerprint density at radius 1 is 1.55 bits per heavy atom. The summed E-state index contributed by atoms with van der Waals surface area (Å²) in [5.74, 6) is 0.990. The molecule has 0 radical (unpaired) electrons. The first-order chi connectivity index (χ1) is 5.24. The third-order valence-corrected chi connectivity index (χ3v) is 3.55. The zero-order valence-electron chi connectivity index (χ0n) is 5.75. The highest BCUT2D eigenvalue weighted by Crippen LogP contribution is 2.30. The maximum absolute atomic E-state index is 5.58. The average Bonchev–Trinajstić information content (AvgIpc) is 2.37. The first-order valence-electron chi connectivity index (χ1n) is 2.98. The van der Waals surface area contributed by atoms with Gasteiger partial charge in [-0.3, -0.25) is 0 Å². The Morgan fingerprint density at radius 2 is 2.27 bits per heavy atom. The number of rotatable bonds is 3. The molecule has 0 aromatic carbocycles. The number of halogens is 2. The van der Waals surface area contributed by atoms with Crippen molar-refractivity contribution in [2.45, 2.75) is 16.1 Å². The van der Waals surface area contributed by atoms with E-state index in [-0.39, 0.29) is 0 Å². The van der Waals surface area contributed by atoms with Crippen LogP contribution in [0.25, 0.3) is 0 Å². The Morgan fingerprint density at radius 3 is 2.73 bits per heavy atom. The molecule has 2 nitrogen and oxygen atoms in total. The zero-order valence-corrected chi connectivity index (χ0v) is 8.90. The van der Waals surface area contributed by atoms with E-state index in [1.54, 1.807) is 11.8 Å². The fraction of sp³-hybridized carbons (Fsp3) is 0.600. The number of aromatic nitrogens is 2. The molecule has 0 spiro atoms. The van der Waals surface area contributed by atoms with Crippen molar-refractivity contribution in [2.75, 3.05) is 5.75 Å². The van der Waals surface area contributed by atoms with Crippen molar-refractivity contribution in [2.24, 2.45) is 0 Å². The van der Waals surface area contributed by atoms with Gasteiger partial charge in [0.15, 0.2) is 14.2 Å². The summed E-state index contributed by atoms with van der Waals surface area (Å²) in [4.78, 5) is -0.543. The lowest BCUT2D eigenvalue weighted by Gasteiger charge is -1.88. The second-order valence-electron chi connectivity index (χ2n) is 1.64. The maximum atomic E-state index is 5.58. The lowest BCUT2D eigenvalue weighted by molar-refractivity contribution is 0.972. The van der Waals surface area contributed by atoms with E-state index in [1.165, 1.54) is 11.3 Å². The molecular formula is C5H6Cl2N2S2. The summed E-state index contributed by atoms with van der Waals surface area (Å²) in [6.45, 7) is 2.06. The number of nitrogens with zero attached hydrogens (tertiary/aromatic N) is 2. The Labute approximate surface area is 83.3 Å². The van der Waals surface area contributed by atoms with Crippen LogP contribution in [0, 0.1) is 0 Å². The van der Waals surface area contributed by atoms with Crippen molar-refractivity contribution in [1.29, 1.82) is 0 Å². The Balaban J connectivity index is 2.66. The summed E-state index contributed by atoms with van der Waals surface area (Å²) < 4.78 is 0.925. The topological polar surface area (TPSA) is 25.8 Å². The van der Waals surface area contributed by atoms with Gasteiger partial charge in [0.05, 0.1) is 0 Å². The lowest BCUT2D eigenvalue weighted by atomic mass is 10.8. The molecule has 0 amide bonds. The van der Waals surface area contributed by atoms with Gasteiger partial charge in [0.1, 0.15) is 0 Å². The molecule has 1 heterocycles. The quantitative estimate of drug-likeness (QED) is 0.588. The lowest BCUT2D eigenvalue weighted by Crippen LogP contribution is -1.77. The second-order valence-corrected chi connectivity index (χ2v) is 5.26. The predicted molar refractivity (Wildman–Crippen MR) is 50.8 cm³/mol. The second kappa shape index (κ2) is 4.50. The molecule has 11 heavy (non-hydrogen) atoms. The van der Waals surface area contributed by atoms with Gasteiger partial charge < -0.3 is 0 Å². The van der Waals surface area contributed by atoms with Gasteiger partial charge in [-0.05, 0) is 5.75 Å². The summed E-state index contributed by atoms with van der Waals surface area (Å²) >= 11 is 14.2. The van der Waals surface area contributed by atoms with Crippen LogP contribution in [0.15, 0.2) is 4.34 Å². The largest absolute Gasteiger partial charge is 0.174 e. The molecule has 0 saturated heterocycles. The number of hydrogen-bond donors (Lipinski definition) is 0. The SMILES string of the molecule is CCSc1nnc(C(Cl)Cl)s1. The summed E-state index contributed by atoms with van der Waals surface area (Å²) in [5, 5.41) is 8.38. The zero-order chi connectivity index (χ0) is 8.27. The highest BCUT2D eigenvalue weighted by atomic mass is 35.5. The van der Waals surface area contributed by atoms with Crippen LogP contribution >= 0.6 is 46.3 Å². The molecule has 0 bridgehead atoms. The van der Waals surface area contributed by atoms with Crippen LogP contribution in [0.4, 0.5) is 0 Å². The molecular weight excluding hydrogens is 223 g/mol. The van der Waals surface area contributed by atoms with Crippen molar-refractivity contribution < 1.29 is 0 Å². The summed E-state index contributed by atoms with van der Waals surface area (Å²) in [5.41, 5.74) is 0. The normalized spacial score (nSPS) is 10.9. The van der Waals surface area contributed by atoms with Crippen LogP contribution in [-0.4, -0.2) is 16.0 Å². The third kappa shape index (κ3) is 2.78. The fourth-order valence-corrected chi connectivity index (χ4v) is 2.47. The first kappa shape index (κ1) is 9.58. The van der Waals surface area contributed by atoms with E-state index < -0.39 is 4.84 Å². The molecule has 0 aliphatic heterocycles. The van der Waals surface area contributed by atoms with Gasteiger partial charge in [-0.1, -0.05) is 53.2 Å². The molecule has 0 aliphatic rings. The summed E-state index contributed by atoms with van der Waals surface area (Å²) in [6.07, 6.45) is 0. The molecule has 0 unspecified atom stereocenters. The number of alkyl halides is 2. The smallest absolute Gasteiger partial charge is 0.140 e. The van der Waals surface area contributed by atoms with Gasteiger partial charge in [-0.25, -0.2) is 0 Å². The molecule has 0 N–H and O–H groups in total. The third-order valence-electron chi connectivity index (χ3n) is 0.877. The van der Waals surface area contributed by atoms with Crippen LogP contribution in [0.1, 0.15) is 16.8 Å². The molecule has 0 saturated carbocycles. The van der Waals surface area contributed by atoms with E-state index in [9.17, 15) is 0 Å². The minimum Gasteiger partial charge on any atom is -0.140 e. The summed E-state index contributed by atoms with van der Waals surface area (Å²) in [7, 11) is 0. The molecule has 1 aromatic rings. The Bertz CT molecular complexity index is 226. The van der Waals surface area contributed by atoms with Crippen molar-refractivity contribution in [3.05, 3.63) is 5.01 Å². The highest BCUT2D eigenvalue weighted by molar-refractivity contribution is 8.00. The predicted octanol–water partition coefficient (Wildman–Crippen LogP) is 3.13. The Kier molecular flexibility index (Phi) is 3.92. The van der Waals surface area contributed by atoms with Gasteiger partial charge in [0, 0.05) is 0 Å². The van der Waals surface area contributed by atoms with E-state index in [1.807, 2.05) is 0 Å². The maximum Gasteiger partial charge on any atom is 0.174 e. The van der Waals surface area contributed by atoms with Gasteiger partial charge in [0.25, 0.3) is 0 Å². The monoisotopic (exact) mass is 228 g/mol. The van der Waals surface area contributed by atoms with Crippen LogP contribution in [0.2, 0.25) is 0 Å². The van der Waals surface area contributed by atoms with Crippen molar-refractivity contribution in [3.8, 4) is 0 Å². The van der Waals surface area contributed by atoms with E-state index in [0.717, 1.165) is 10.1 Å². The number of thioether (sulfide) groups is 1. The average molecular weight is 229 g/mol. The van der Waals surface area contributed by atoms with Crippen molar-refractivity contribution >= 4 is 46.3 Å². The van der Waals surface area contributed by atoms with Crippen LogP contribution in [0.5, 0.6) is 0 Å². The summed E-state index contributed by atoms with van der Waals surface area (Å²) in [6, 6.07) is 0. The van der Waals surface area contributed by atoms with E-state index in [2.05, 4.69) is 17.1 Å². The van der Waals surface area contributed by atoms with E-state index in [4.69, 9.17) is 23.2 Å².